The first kappa shape index (κ1) is 15.7. The second kappa shape index (κ2) is 6.61. The number of benzene rings is 2. The lowest BCUT2D eigenvalue weighted by Gasteiger charge is -2.22. The van der Waals surface area contributed by atoms with Gasteiger partial charge in [0.2, 0.25) is 0 Å². The SMILES string of the molecule is CSc1ccc2c(C3CCNCC3)cn(-c3ccc(F)cc3)c2c1. The van der Waals surface area contributed by atoms with E-state index in [0.29, 0.717) is 5.92 Å². The van der Waals surface area contributed by atoms with Gasteiger partial charge in [0.25, 0.3) is 0 Å². The molecule has 1 fully saturated rings. The summed E-state index contributed by atoms with van der Waals surface area (Å²) in [6.07, 6.45) is 6.71. The summed E-state index contributed by atoms with van der Waals surface area (Å²) in [6, 6.07) is 13.5. The molecule has 0 bridgehead atoms. The minimum atomic E-state index is -0.196. The Morgan fingerprint density at radius 2 is 1.83 bits per heavy atom. The van der Waals surface area contributed by atoms with Crippen LogP contribution in [-0.4, -0.2) is 23.9 Å². The minimum absolute atomic E-state index is 0.196. The van der Waals surface area contributed by atoms with E-state index >= 15 is 0 Å². The van der Waals surface area contributed by atoms with Gasteiger partial charge in [0.1, 0.15) is 5.82 Å². The van der Waals surface area contributed by atoms with E-state index in [9.17, 15) is 4.39 Å². The van der Waals surface area contributed by atoms with E-state index in [-0.39, 0.29) is 5.82 Å². The molecule has 1 aliphatic rings. The highest BCUT2D eigenvalue weighted by molar-refractivity contribution is 7.98. The lowest BCUT2D eigenvalue weighted by atomic mass is 9.90. The third kappa shape index (κ3) is 2.85. The molecule has 2 nitrogen and oxygen atoms in total. The summed E-state index contributed by atoms with van der Waals surface area (Å²) in [7, 11) is 0. The van der Waals surface area contributed by atoms with Gasteiger partial charge in [-0.15, -0.1) is 11.8 Å². The van der Waals surface area contributed by atoms with Crippen molar-refractivity contribution in [3.05, 3.63) is 60.0 Å². The lowest BCUT2D eigenvalue weighted by molar-refractivity contribution is 0.462. The molecule has 24 heavy (non-hydrogen) atoms. The molecule has 4 heteroatoms. The van der Waals surface area contributed by atoms with Crippen LogP contribution in [0.2, 0.25) is 0 Å². The quantitative estimate of drug-likeness (QED) is 0.679. The number of nitrogens with one attached hydrogen (secondary N) is 1. The first-order valence-corrected chi connectivity index (χ1v) is 9.64. The molecule has 0 unspecified atom stereocenters. The summed E-state index contributed by atoms with van der Waals surface area (Å²) < 4.78 is 15.5. The van der Waals surface area contributed by atoms with Crippen LogP contribution in [0.1, 0.15) is 24.3 Å². The number of halogens is 1. The molecule has 0 spiro atoms. The van der Waals surface area contributed by atoms with Crippen molar-refractivity contribution in [2.24, 2.45) is 0 Å². The Kier molecular flexibility index (Phi) is 4.33. The molecule has 0 atom stereocenters. The van der Waals surface area contributed by atoms with Crippen LogP contribution in [0, 0.1) is 5.82 Å². The molecule has 0 aliphatic carbocycles. The minimum Gasteiger partial charge on any atom is -0.317 e. The van der Waals surface area contributed by atoms with E-state index in [1.54, 1.807) is 11.8 Å². The van der Waals surface area contributed by atoms with Crippen LogP contribution >= 0.6 is 11.8 Å². The molecule has 0 amide bonds. The number of rotatable bonds is 3. The van der Waals surface area contributed by atoms with Crippen LogP contribution in [0.5, 0.6) is 0 Å². The molecule has 124 valence electrons. The molecule has 0 radical (unpaired) electrons. The second-order valence-corrected chi connectivity index (χ2v) is 7.22. The lowest BCUT2D eigenvalue weighted by Crippen LogP contribution is -2.26. The monoisotopic (exact) mass is 340 g/mol. The van der Waals surface area contributed by atoms with Crippen molar-refractivity contribution in [3.8, 4) is 5.69 Å². The van der Waals surface area contributed by atoms with Crippen LogP contribution in [0.15, 0.2) is 53.6 Å². The Hall–Kier alpha value is -1.78. The molecule has 4 rings (SSSR count). The maximum atomic E-state index is 13.3. The summed E-state index contributed by atoms with van der Waals surface area (Å²) in [5, 5.41) is 4.77. The highest BCUT2D eigenvalue weighted by Gasteiger charge is 2.20. The number of hydrogen-bond acceptors (Lipinski definition) is 2. The summed E-state index contributed by atoms with van der Waals surface area (Å²) in [6.45, 7) is 2.16. The molecule has 2 aromatic carbocycles. The van der Waals surface area contributed by atoms with E-state index in [1.165, 1.54) is 46.3 Å². The Balaban J connectivity index is 1.89. The molecule has 1 N–H and O–H groups in total. The zero-order chi connectivity index (χ0) is 16.5. The van der Waals surface area contributed by atoms with Crippen molar-refractivity contribution in [1.29, 1.82) is 0 Å². The fraction of sp³-hybridized carbons (Fsp3) is 0.300. The van der Waals surface area contributed by atoms with Gasteiger partial charge in [0.15, 0.2) is 0 Å². The van der Waals surface area contributed by atoms with Crippen LogP contribution in [-0.2, 0) is 0 Å². The van der Waals surface area contributed by atoms with Crippen molar-refractivity contribution in [2.45, 2.75) is 23.7 Å². The molecule has 3 aromatic rings. The van der Waals surface area contributed by atoms with Crippen LogP contribution in [0.25, 0.3) is 16.6 Å². The third-order valence-electron chi connectivity index (χ3n) is 4.93. The molecular formula is C20H21FN2S. The van der Waals surface area contributed by atoms with Crippen molar-refractivity contribution in [3.63, 3.8) is 0 Å². The Bertz CT molecular complexity index is 848. The summed E-state index contributed by atoms with van der Waals surface area (Å²) in [5.41, 5.74) is 3.64. The summed E-state index contributed by atoms with van der Waals surface area (Å²) in [4.78, 5) is 1.25. The van der Waals surface area contributed by atoms with Gasteiger partial charge >= 0.3 is 0 Å². The molecule has 2 heterocycles. The van der Waals surface area contributed by atoms with Crippen molar-refractivity contribution >= 4 is 22.7 Å². The summed E-state index contributed by atoms with van der Waals surface area (Å²) >= 11 is 1.75. The number of thioether (sulfide) groups is 1. The van der Waals surface area contributed by atoms with Crippen molar-refractivity contribution in [2.75, 3.05) is 19.3 Å². The first-order valence-electron chi connectivity index (χ1n) is 8.42. The normalized spacial score (nSPS) is 15.9. The molecule has 0 saturated carbocycles. The van der Waals surface area contributed by atoms with Gasteiger partial charge in [0.05, 0.1) is 5.52 Å². The number of hydrogen-bond donors (Lipinski definition) is 1. The van der Waals surface area contributed by atoms with E-state index in [1.807, 2.05) is 12.1 Å². The van der Waals surface area contributed by atoms with Gasteiger partial charge in [-0.2, -0.15) is 0 Å². The van der Waals surface area contributed by atoms with Crippen molar-refractivity contribution < 1.29 is 4.39 Å². The van der Waals surface area contributed by atoms with Crippen LogP contribution < -0.4 is 5.32 Å². The number of fused-ring (bicyclic) bond motifs is 1. The molecule has 1 aliphatic heterocycles. The number of aromatic nitrogens is 1. The van der Waals surface area contributed by atoms with E-state index < -0.39 is 0 Å². The van der Waals surface area contributed by atoms with Gasteiger partial charge in [-0.05, 0) is 80.1 Å². The van der Waals surface area contributed by atoms with Crippen LogP contribution in [0.4, 0.5) is 4.39 Å². The van der Waals surface area contributed by atoms with Gasteiger partial charge in [-0.3, -0.25) is 0 Å². The predicted octanol–water partition coefficient (Wildman–Crippen LogP) is 4.96. The maximum absolute atomic E-state index is 13.3. The zero-order valence-electron chi connectivity index (χ0n) is 13.8. The first-order chi connectivity index (χ1) is 11.8. The summed E-state index contributed by atoms with van der Waals surface area (Å²) in [5.74, 6) is 0.397. The predicted molar refractivity (Wildman–Crippen MR) is 99.9 cm³/mol. The number of piperidine rings is 1. The smallest absolute Gasteiger partial charge is 0.123 e. The van der Waals surface area contributed by atoms with Gasteiger partial charge in [0, 0.05) is 22.2 Å². The Labute approximate surface area is 146 Å². The zero-order valence-corrected chi connectivity index (χ0v) is 14.6. The topological polar surface area (TPSA) is 17.0 Å². The Morgan fingerprint density at radius 3 is 2.54 bits per heavy atom. The average Bonchev–Trinajstić information content (AvgIpc) is 3.02. The fourth-order valence-electron chi connectivity index (χ4n) is 3.63. The molecule has 1 saturated heterocycles. The standard InChI is InChI=1S/C20H21FN2S/c1-24-17-6-7-18-19(14-8-10-22-11-9-14)13-23(20(18)12-17)16-4-2-15(21)3-5-16/h2-7,12-14,22H,8-11H2,1H3. The van der Waals surface area contributed by atoms with Crippen LogP contribution in [0.3, 0.4) is 0 Å². The fourth-order valence-corrected chi connectivity index (χ4v) is 4.07. The second-order valence-electron chi connectivity index (χ2n) is 6.34. The largest absolute Gasteiger partial charge is 0.317 e. The van der Waals surface area contributed by atoms with Gasteiger partial charge in [-0.25, -0.2) is 4.39 Å². The van der Waals surface area contributed by atoms with E-state index in [2.05, 4.69) is 40.5 Å². The van der Waals surface area contributed by atoms with Gasteiger partial charge in [-0.1, -0.05) is 6.07 Å². The van der Waals surface area contributed by atoms with Crippen molar-refractivity contribution in [1.82, 2.24) is 9.88 Å². The van der Waals surface area contributed by atoms with Gasteiger partial charge < -0.3 is 9.88 Å². The van der Waals surface area contributed by atoms with E-state index in [4.69, 9.17) is 0 Å². The number of nitrogens with zero attached hydrogens (tertiary/aromatic N) is 1. The molecule has 1 aromatic heterocycles. The van der Waals surface area contributed by atoms with E-state index in [0.717, 1.165) is 18.8 Å². The third-order valence-corrected chi connectivity index (χ3v) is 5.65. The highest BCUT2D eigenvalue weighted by atomic mass is 32.2. The Morgan fingerprint density at radius 1 is 1.08 bits per heavy atom. The molecular weight excluding hydrogens is 319 g/mol. The maximum Gasteiger partial charge on any atom is 0.123 e. The highest BCUT2D eigenvalue weighted by Crippen LogP contribution is 2.36. The average molecular weight is 340 g/mol.